The van der Waals surface area contributed by atoms with Gasteiger partial charge in [0.15, 0.2) is 0 Å². The Morgan fingerprint density at radius 2 is 1.96 bits per heavy atom. The molecular formula is C17H18Cl2N4O2. The summed E-state index contributed by atoms with van der Waals surface area (Å²) in [5, 5.41) is 6.68. The minimum absolute atomic E-state index is 0.335. The molecule has 2 aromatic heterocycles. The Hall–Kier alpha value is -1.89. The number of anilines is 2. The minimum atomic E-state index is 0.335. The van der Waals surface area contributed by atoms with E-state index in [1.807, 2.05) is 6.07 Å². The van der Waals surface area contributed by atoms with Gasteiger partial charge in [0.25, 0.3) is 0 Å². The second-order valence-electron chi connectivity index (χ2n) is 5.81. The molecule has 3 heterocycles. The highest BCUT2D eigenvalue weighted by Crippen LogP contribution is 2.34. The minimum Gasteiger partial charge on any atom is -0.384 e. The molecule has 2 aromatic rings. The molecule has 0 spiro atoms. The molecule has 0 unspecified atom stereocenters. The fraction of sp³-hybridized carbons (Fsp3) is 0.353. The predicted octanol–water partition coefficient (Wildman–Crippen LogP) is 3.86. The van der Waals surface area contributed by atoms with E-state index in [1.54, 1.807) is 12.3 Å². The highest BCUT2D eigenvalue weighted by Gasteiger charge is 2.15. The zero-order valence-corrected chi connectivity index (χ0v) is 15.0. The molecule has 132 valence electrons. The van der Waals surface area contributed by atoms with Crippen LogP contribution in [0.3, 0.4) is 0 Å². The Labute approximate surface area is 155 Å². The Morgan fingerprint density at radius 3 is 2.72 bits per heavy atom. The molecule has 0 saturated carbocycles. The van der Waals surface area contributed by atoms with E-state index >= 15 is 0 Å². The third kappa shape index (κ3) is 4.60. The summed E-state index contributed by atoms with van der Waals surface area (Å²) in [5.41, 5.74) is 2.21. The summed E-state index contributed by atoms with van der Waals surface area (Å²) in [6.45, 7) is 2.49. The van der Waals surface area contributed by atoms with Crippen LogP contribution in [-0.2, 0) is 9.53 Å². The smallest absolute Gasteiger partial charge is 0.212 e. The van der Waals surface area contributed by atoms with Crippen LogP contribution in [0.15, 0.2) is 24.5 Å². The number of carbonyl (C=O) groups excluding carboxylic acids is 1. The topological polar surface area (TPSA) is 76.1 Å². The van der Waals surface area contributed by atoms with E-state index in [9.17, 15) is 4.79 Å². The van der Waals surface area contributed by atoms with Crippen LogP contribution in [0.2, 0.25) is 10.2 Å². The van der Waals surface area contributed by atoms with Gasteiger partial charge in [-0.3, -0.25) is 4.79 Å². The number of nitrogens with one attached hydrogen (secondary N) is 2. The van der Waals surface area contributed by atoms with Crippen LogP contribution in [0.5, 0.6) is 0 Å². The van der Waals surface area contributed by atoms with E-state index in [-0.39, 0.29) is 0 Å². The van der Waals surface area contributed by atoms with Crippen molar-refractivity contribution in [3.63, 3.8) is 0 Å². The highest BCUT2D eigenvalue weighted by atomic mass is 35.5. The molecule has 1 aliphatic heterocycles. The van der Waals surface area contributed by atoms with Crippen molar-refractivity contribution >= 4 is 41.1 Å². The molecule has 8 heteroatoms. The van der Waals surface area contributed by atoms with Gasteiger partial charge in [-0.1, -0.05) is 23.2 Å². The maximum absolute atomic E-state index is 10.6. The molecule has 2 N–H and O–H groups in total. The molecule has 0 radical (unpaired) electrons. The second kappa shape index (κ2) is 8.47. The van der Waals surface area contributed by atoms with Crippen molar-refractivity contribution in [3.8, 4) is 11.1 Å². The molecule has 0 aromatic carbocycles. The summed E-state index contributed by atoms with van der Waals surface area (Å²) in [6, 6.07) is 3.57. The second-order valence-corrected chi connectivity index (χ2v) is 6.58. The number of hydrogen-bond acceptors (Lipinski definition) is 5. The van der Waals surface area contributed by atoms with E-state index in [2.05, 4.69) is 20.6 Å². The van der Waals surface area contributed by atoms with E-state index in [4.69, 9.17) is 27.9 Å². The van der Waals surface area contributed by atoms with Gasteiger partial charge in [-0.25, -0.2) is 9.97 Å². The first kappa shape index (κ1) is 17.9. The maximum atomic E-state index is 10.6. The first-order valence-electron chi connectivity index (χ1n) is 8.00. The van der Waals surface area contributed by atoms with Gasteiger partial charge in [0.05, 0.1) is 16.9 Å². The van der Waals surface area contributed by atoms with E-state index in [1.165, 1.54) is 6.20 Å². The Kier molecular flexibility index (Phi) is 6.07. The Bertz CT molecular complexity index is 751. The number of nitrogens with zero attached hydrogens (tertiary/aromatic N) is 2. The number of rotatable bonds is 6. The fourth-order valence-corrected chi connectivity index (χ4v) is 3.14. The molecule has 6 nitrogen and oxygen atoms in total. The SMILES string of the molecule is O=CNc1cc(-c2cc(NCC3CCOCC3)cnc2Cl)c(Cl)cn1. The van der Waals surface area contributed by atoms with Crippen molar-refractivity contribution in [2.45, 2.75) is 12.8 Å². The van der Waals surface area contributed by atoms with Gasteiger partial charge in [0.1, 0.15) is 11.0 Å². The van der Waals surface area contributed by atoms with Gasteiger partial charge >= 0.3 is 0 Å². The molecule has 0 bridgehead atoms. The molecular weight excluding hydrogens is 363 g/mol. The fourth-order valence-electron chi connectivity index (χ4n) is 2.73. The summed E-state index contributed by atoms with van der Waals surface area (Å²) >= 11 is 12.5. The van der Waals surface area contributed by atoms with E-state index in [0.29, 0.717) is 39.4 Å². The molecule has 1 amide bonds. The number of carbonyl (C=O) groups is 1. The van der Waals surface area contributed by atoms with E-state index in [0.717, 1.165) is 38.3 Å². The quantitative estimate of drug-likeness (QED) is 0.587. The van der Waals surface area contributed by atoms with E-state index < -0.39 is 0 Å². The van der Waals surface area contributed by atoms with Crippen LogP contribution < -0.4 is 10.6 Å². The van der Waals surface area contributed by atoms with Crippen molar-refractivity contribution in [1.82, 2.24) is 9.97 Å². The van der Waals surface area contributed by atoms with Gasteiger partial charge in [0, 0.05) is 37.1 Å². The lowest BCUT2D eigenvalue weighted by Gasteiger charge is -2.22. The summed E-state index contributed by atoms with van der Waals surface area (Å²) < 4.78 is 5.38. The Balaban J connectivity index is 1.81. The number of halogens is 2. The first-order valence-corrected chi connectivity index (χ1v) is 8.76. The van der Waals surface area contributed by atoms with Crippen LogP contribution in [0, 0.1) is 5.92 Å². The van der Waals surface area contributed by atoms with Crippen LogP contribution in [-0.4, -0.2) is 36.1 Å². The average molecular weight is 381 g/mol. The third-order valence-electron chi connectivity index (χ3n) is 4.13. The van der Waals surface area contributed by atoms with Gasteiger partial charge in [-0.05, 0) is 30.9 Å². The van der Waals surface area contributed by atoms with Gasteiger partial charge in [-0.2, -0.15) is 0 Å². The number of amides is 1. The van der Waals surface area contributed by atoms with Crippen LogP contribution in [0.4, 0.5) is 11.5 Å². The maximum Gasteiger partial charge on any atom is 0.212 e. The van der Waals surface area contributed by atoms with Crippen molar-refractivity contribution in [2.24, 2.45) is 5.92 Å². The Morgan fingerprint density at radius 1 is 1.16 bits per heavy atom. The number of hydrogen-bond donors (Lipinski definition) is 2. The lowest BCUT2D eigenvalue weighted by Crippen LogP contribution is -2.22. The van der Waals surface area contributed by atoms with Crippen molar-refractivity contribution in [1.29, 1.82) is 0 Å². The van der Waals surface area contributed by atoms with Crippen molar-refractivity contribution in [3.05, 3.63) is 34.7 Å². The van der Waals surface area contributed by atoms with Crippen LogP contribution >= 0.6 is 23.2 Å². The number of aromatic nitrogens is 2. The van der Waals surface area contributed by atoms with Gasteiger partial charge in [0.2, 0.25) is 6.41 Å². The number of pyridine rings is 2. The van der Waals surface area contributed by atoms with Crippen LogP contribution in [0.25, 0.3) is 11.1 Å². The molecule has 25 heavy (non-hydrogen) atoms. The molecule has 0 aliphatic carbocycles. The van der Waals surface area contributed by atoms with Gasteiger partial charge < -0.3 is 15.4 Å². The summed E-state index contributed by atoms with van der Waals surface area (Å²) in [7, 11) is 0. The molecule has 1 aliphatic rings. The largest absolute Gasteiger partial charge is 0.384 e. The summed E-state index contributed by atoms with van der Waals surface area (Å²) in [6.07, 6.45) is 5.84. The molecule has 0 atom stereocenters. The normalized spacial score (nSPS) is 15.0. The monoisotopic (exact) mass is 380 g/mol. The predicted molar refractivity (Wildman–Crippen MR) is 99.2 cm³/mol. The van der Waals surface area contributed by atoms with Gasteiger partial charge in [-0.15, -0.1) is 0 Å². The zero-order valence-electron chi connectivity index (χ0n) is 13.5. The summed E-state index contributed by atoms with van der Waals surface area (Å²) in [5.74, 6) is 0.979. The summed E-state index contributed by atoms with van der Waals surface area (Å²) in [4.78, 5) is 18.9. The number of ether oxygens (including phenoxy) is 1. The van der Waals surface area contributed by atoms with Crippen molar-refractivity contribution < 1.29 is 9.53 Å². The van der Waals surface area contributed by atoms with Crippen molar-refractivity contribution in [2.75, 3.05) is 30.4 Å². The first-order chi connectivity index (χ1) is 12.2. The average Bonchev–Trinajstić information content (AvgIpc) is 2.64. The third-order valence-corrected chi connectivity index (χ3v) is 4.73. The van der Waals surface area contributed by atoms with Crippen LogP contribution in [0.1, 0.15) is 12.8 Å². The molecule has 1 saturated heterocycles. The lowest BCUT2D eigenvalue weighted by atomic mass is 10.0. The standard InChI is InChI=1S/C17H18Cl2N4O2/c18-15-9-21-16(23-10-24)6-13(15)14-5-12(8-22-17(14)19)20-7-11-1-3-25-4-2-11/h5-6,8-11,20H,1-4,7H2,(H,21,23,24). The molecule has 3 rings (SSSR count). The molecule has 1 fully saturated rings. The zero-order chi connectivity index (χ0) is 17.6. The lowest BCUT2D eigenvalue weighted by molar-refractivity contribution is -0.105. The highest BCUT2D eigenvalue weighted by molar-refractivity contribution is 6.36.